The molecule has 0 heterocycles. The van der Waals surface area contributed by atoms with Gasteiger partial charge in [0.25, 0.3) is 0 Å². The van der Waals surface area contributed by atoms with Crippen molar-refractivity contribution in [1.29, 1.82) is 0 Å². The van der Waals surface area contributed by atoms with Crippen LogP contribution in [-0.4, -0.2) is 12.5 Å². The first kappa shape index (κ1) is 17.3. The van der Waals surface area contributed by atoms with E-state index in [0.717, 1.165) is 30.7 Å². The van der Waals surface area contributed by atoms with E-state index in [-0.39, 0.29) is 11.8 Å². The van der Waals surface area contributed by atoms with Crippen LogP contribution >= 0.6 is 0 Å². The highest BCUT2D eigenvalue weighted by molar-refractivity contribution is 5.95. The van der Waals surface area contributed by atoms with Gasteiger partial charge >= 0.3 is 0 Å². The van der Waals surface area contributed by atoms with Crippen LogP contribution in [0.2, 0.25) is 0 Å². The summed E-state index contributed by atoms with van der Waals surface area (Å²) in [6.07, 6.45) is 7.17. The third kappa shape index (κ3) is 4.96. The molecule has 1 aliphatic rings. The first-order valence-corrected chi connectivity index (χ1v) is 8.98. The number of carbonyl (C=O) groups is 1. The zero-order valence-corrected chi connectivity index (χ0v) is 14.7. The fourth-order valence-corrected chi connectivity index (χ4v) is 2.98. The van der Waals surface area contributed by atoms with Gasteiger partial charge in [0, 0.05) is 11.6 Å². The van der Waals surface area contributed by atoms with Crippen LogP contribution in [0.4, 0.5) is 5.69 Å². The minimum Gasteiger partial charge on any atom is -0.494 e. The lowest BCUT2D eigenvalue weighted by molar-refractivity contribution is -0.117. The molecule has 0 saturated heterocycles. The van der Waals surface area contributed by atoms with Crippen LogP contribution in [0.5, 0.6) is 5.75 Å². The van der Waals surface area contributed by atoms with Crippen molar-refractivity contribution in [2.75, 3.05) is 11.9 Å². The predicted molar refractivity (Wildman–Crippen MR) is 102 cm³/mol. The van der Waals surface area contributed by atoms with Crippen LogP contribution in [-0.2, 0) is 4.79 Å². The average molecular weight is 335 g/mol. The summed E-state index contributed by atoms with van der Waals surface area (Å²) in [5.41, 5.74) is 2.08. The summed E-state index contributed by atoms with van der Waals surface area (Å²) in [7, 11) is 0. The number of allylic oxidation sites excluding steroid dienone is 2. The number of amides is 1. The van der Waals surface area contributed by atoms with Gasteiger partial charge in [-0.2, -0.15) is 0 Å². The smallest absolute Gasteiger partial charge is 0.228 e. The van der Waals surface area contributed by atoms with Gasteiger partial charge in [-0.25, -0.2) is 0 Å². The normalized spacial score (nSPS) is 18.9. The van der Waals surface area contributed by atoms with Crippen molar-refractivity contribution in [3.05, 3.63) is 72.3 Å². The molecule has 0 aliphatic heterocycles. The maximum Gasteiger partial charge on any atom is 0.228 e. The minimum atomic E-state index is 0.0879. The van der Waals surface area contributed by atoms with Crippen LogP contribution in [0, 0.1) is 5.92 Å². The Hall–Kier alpha value is -2.55. The monoisotopic (exact) mass is 335 g/mol. The highest BCUT2D eigenvalue weighted by atomic mass is 16.5. The molecule has 1 fully saturated rings. The second kappa shape index (κ2) is 8.52. The summed E-state index contributed by atoms with van der Waals surface area (Å²) in [5, 5.41) is 3.01. The molecule has 1 aliphatic carbocycles. The maximum absolute atomic E-state index is 12.4. The number of hydrogen-bond acceptors (Lipinski definition) is 2. The number of carbonyl (C=O) groups excluding carboxylic acids is 1. The molecule has 3 nitrogen and oxygen atoms in total. The Labute approximate surface area is 149 Å². The Kier molecular flexibility index (Phi) is 5.89. The average Bonchev–Trinajstić information content (AvgIpc) is 3.45. The van der Waals surface area contributed by atoms with Crippen molar-refractivity contribution in [1.82, 2.24) is 0 Å². The Morgan fingerprint density at radius 3 is 2.64 bits per heavy atom. The fraction of sp³-hybridized carbons (Fsp3) is 0.318. The molecule has 1 N–H and O–H groups in total. The van der Waals surface area contributed by atoms with E-state index in [4.69, 9.17) is 4.74 Å². The molecule has 3 rings (SSSR count). The Bertz CT molecular complexity index is 707. The van der Waals surface area contributed by atoms with Crippen LogP contribution in [0.15, 0.2) is 66.7 Å². The second-order valence-corrected chi connectivity index (χ2v) is 6.43. The first-order valence-electron chi connectivity index (χ1n) is 8.98. The molecule has 2 atom stereocenters. The van der Waals surface area contributed by atoms with E-state index in [1.54, 1.807) is 0 Å². The van der Waals surface area contributed by atoms with E-state index < -0.39 is 0 Å². The summed E-state index contributed by atoms with van der Waals surface area (Å²) in [6, 6.07) is 17.9. The molecular formula is C22H25NO2. The maximum atomic E-state index is 12.4. The van der Waals surface area contributed by atoms with Crippen LogP contribution in [0.3, 0.4) is 0 Å². The zero-order valence-electron chi connectivity index (χ0n) is 14.7. The molecule has 2 unspecified atom stereocenters. The predicted octanol–water partition coefficient (Wildman–Crippen LogP) is 5.16. The number of benzene rings is 2. The summed E-state index contributed by atoms with van der Waals surface area (Å²) < 4.78 is 5.70. The molecule has 0 radical (unpaired) electrons. The number of ether oxygens (including phenoxy) is 1. The van der Waals surface area contributed by atoms with Gasteiger partial charge in [-0.15, -0.1) is 0 Å². The fourth-order valence-electron chi connectivity index (χ4n) is 2.98. The largest absolute Gasteiger partial charge is 0.494 e. The lowest BCUT2D eigenvalue weighted by atomic mass is 10.1. The number of nitrogens with one attached hydrogen (secondary N) is 1. The van der Waals surface area contributed by atoms with E-state index >= 15 is 0 Å². The Morgan fingerprint density at radius 1 is 1.16 bits per heavy atom. The van der Waals surface area contributed by atoms with Crippen molar-refractivity contribution >= 4 is 11.6 Å². The van der Waals surface area contributed by atoms with Gasteiger partial charge < -0.3 is 10.1 Å². The quantitative estimate of drug-likeness (QED) is 0.534. The molecular weight excluding hydrogens is 310 g/mol. The second-order valence-electron chi connectivity index (χ2n) is 6.43. The summed E-state index contributed by atoms with van der Waals surface area (Å²) in [5.74, 6) is 1.40. The topological polar surface area (TPSA) is 38.3 Å². The molecule has 0 aromatic heterocycles. The van der Waals surface area contributed by atoms with Gasteiger partial charge in [0.2, 0.25) is 5.91 Å². The molecule has 3 heteroatoms. The molecule has 25 heavy (non-hydrogen) atoms. The lowest BCUT2D eigenvalue weighted by Gasteiger charge is -2.08. The van der Waals surface area contributed by atoms with Crippen molar-refractivity contribution in [3.8, 4) is 5.75 Å². The van der Waals surface area contributed by atoms with E-state index in [9.17, 15) is 4.79 Å². The standard InChI is InChI=1S/C22H25NO2/c1-2-3-4-8-15-25-19-13-11-18(12-14-19)23-22(24)21-16-20(21)17-9-6-5-7-10-17/h2-3,5-7,9-14,20-21H,4,8,15-16H2,1H3,(H,23,24)/b3-2+. The van der Waals surface area contributed by atoms with E-state index in [1.165, 1.54) is 5.56 Å². The summed E-state index contributed by atoms with van der Waals surface area (Å²) in [6.45, 7) is 2.73. The van der Waals surface area contributed by atoms with Crippen LogP contribution in [0.25, 0.3) is 0 Å². The van der Waals surface area contributed by atoms with Crippen LogP contribution < -0.4 is 10.1 Å². The van der Waals surface area contributed by atoms with Crippen molar-refractivity contribution in [3.63, 3.8) is 0 Å². The Balaban J connectivity index is 1.45. The number of hydrogen-bond donors (Lipinski definition) is 1. The van der Waals surface area contributed by atoms with Gasteiger partial charge in [0.05, 0.1) is 6.61 Å². The van der Waals surface area contributed by atoms with E-state index in [1.807, 2.05) is 49.4 Å². The molecule has 130 valence electrons. The summed E-state index contributed by atoms with van der Waals surface area (Å²) in [4.78, 5) is 12.4. The van der Waals surface area contributed by atoms with Gasteiger partial charge in [-0.3, -0.25) is 4.79 Å². The molecule has 2 aromatic carbocycles. The summed E-state index contributed by atoms with van der Waals surface area (Å²) >= 11 is 0. The minimum absolute atomic E-state index is 0.0879. The number of rotatable bonds is 8. The van der Waals surface area contributed by atoms with Gasteiger partial charge in [0.1, 0.15) is 5.75 Å². The van der Waals surface area contributed by atoms with Crippen molar-refractivity contribution in [2.24, 2.45) is 5.92 Å². The molecule has 0 spiro atoms. The molecule has 0 bridgehead atoms. The van der Waals surface area contributed by atoms with Crippen molar-refractivity contribution in [2.45, 2.75) is 32.1 Å². The van der Waals surface area contributed by atoms with Gasteiger partial charge in [-0.05, 0) is 61.9 Å². The number of anilines is 1. The molecule has 1 amide bonds. The van der Waals surface area contributed by atoms with Crippen molar-refractivity contribution < 1.29 is 9.53 Å². The zero-order chi connectivity index (χ0) is 17.5. The van der Waals surface area contributed by atoms with Gasteiger partial charge in [0.15, 0.2) is 0 Å². The van der Waals surface area contributed by atoms with Crippen LogP contribution in [0.1, 0.15) is 37.7 Å². The van der Waals surface area contributed by atoms with E-state index in [0.29, 0.717) is 12.5 Å². The third-order valence-corrected chi connectivity index (χ3v) is 4.50. The molecule has 1 saturated carbocycles. The Morgan fingerprint density at radius 2 is 1.92 bits per heavy atom. The molecule has 2 aromatic rings. The lowest BCUT2D eigenvalue weighted by Crippen LogP contribution is -2.14. The highest BCUT2D eigenvalue weighted by Crippen LogP contribution is 2.47. The third-order valence-electron chi connectivity index (χ3n) is 4.50. The highest BCUT2D eigenvalue weighted by Gasteiger charge is 2.43. The number of unbranched alkanes of at least 4 members (excludes halogenated alkanes) is 1. The SMILES string of the molecule is C/C=C/CCCOc1ccc(NC(=O)C2CC2c2ccccc2)cc1. The van der Waals surface area contributed by atoms with E-state index in [2.05, 4.69) is 29.6 Å². The first-order chi connectivity index (χ1) is 12.3. The van der Waals surface area contributed by atoms with Gasteiger partial charge in [-0.1, -0.05) is 42.5 Å².